The normalized spacial score (nSPS) is 18.5. The Morgan fingerprint density at radius 1 is 1.05 bits per heavy atom. The van der Waals surface area contributed by atoms with Gasteiger partial charge in [0, 0.05) is 32.6 Å². The van der Waals surface area contributed by atoms with Gasteiger partial charge >= 0.3 is 0 Å². The summed E-state index contributed by atoms with van der Waals surface area (Å²) in [5.74, 6) is 2.01. The summed E-state index contributed by atoms with van der Waals surface area (Å²) in [7, 11) is 0. The van der Waals surface area contributed by atoms with Crippen molar-refractivity contribution in [2.75, 3.05) is 39.3 Å². The van der Waals surface area contributed by atoms with Crippen LogP contribution in [0.2, 0.25) is 0 Å². The number of hydrogen-bond donors (Lipinski definition) is 1. The lowest BCUT2D eigenvalue weighted by atomic mass is 9.93. The van der Waals surface area contributed by atoms with Gasteiger partial charge in [0.2, 0.25) is 5.91 Å². The van der Waals surface area contributed by atoms with E-state index in [9.17, 15) is 4.79 Å². The summed E-state index contributed by atoms with van der Waals surface area (Å²) in [6.45, 7) is 14.5. The van der Waals surface area contributed by atoms with Gasteiger partial charge in [0.1, 0.15) is 0 Å². The van der Waals surface area contributed by atoms with Gasteiger partial charge in [-0.2, -0.15) is 0 Å². The molecule has 124 valence electrons. The molecule has 0 aromatic heterocycles. The molecule has 21 heavy (non-hydrogen) atoms. The first kappa shape index (κ1) is 18.4. The topological polar surface area (TPSA) is 49.6 Å². The number of hydrogen-bond acceptors (Lipinski definition) is 3. The van der Waals surface area contributed by atoms with Crippen LogP contribution in [0.4, 0.5) is 0 Å². The number of rotatable bonds is 8. The first-order chi connectivity index (χ1) is 9.92. The van der Waals surface area contributed by atoms with Crippen molar-refractivity contribution in [1.82, 2.24) is 9.80 Å². The molecule has 1 rings (SSSR count). The molecule has 0 spiro atoms. The summed E-state index contributed by atoms with van der Waals surface area (Å²) in [6, 6.07) is 0. The smallest absolute Gasteiger partial charge is 0.222 e. The van der Waals surface area contributed by atoms with Crippen molar-refractivity contribution in [3.63, 3.8) is 0 Å². The van der Waals surface area contributed by atoms with Crippen LogP contribution in [0.25, 0.3) is 0 Å². The van der Waals surface area contributed by atoms with Crippen LogP contribution in [0.1, 0.15) is 47.0 Å². The second-order valence-electron chi connectivity index (χ2n) is 7.34. The van der Waals surface area contributed by atoms with E-state index in [1.165, 1.54) is 13.0 Å². The second kappa shape index (κ2) is 9.42. The number of carbonyl (C=O) groups is 1. The molecule has 1 aliphatic rings. The van der Waals surface area contributed by atoms with Crippen LogP contribution < -0.4 is 5.73 Å². The lowest BCUT2D eigenvalue weighted by Crippen LogP contribution is -2.49. The monoisotopic (exact) mass is 297 g/mol. The predicted molar refractivity (Wildman–Crippen MR) is 89.1 cm³/mol. The SMILES string of the molecule is CC(C)CCN1CCN(C(=O)C[C@@H](CN)CC(C)C)CC1. The van der Waals surface area contributed by atoms with E-state index >= 15 is 0 Å². The molecule has 1 amide bonds. The van der Waals surface area contributed by atoms with E-state index in [1.807, 2.05) is 4.90 Å². The molecular weight excluding hydrogens is 262 g/mol. The van der Waals surface area contributed by atoms with Gasteiger partial charge in [0.15, 0.2) is 0 Å². The summed E-state index contributed by atoms with van der Waals surface area (Å²) in [5, 5.41) is 0. The Balaban J connectivity index is 2.30. The average molecular weight is 297 g/mol. The fourth-order valence-electron chi connectivity index (χ4n) is 2.97. The van der Waals surface area contributed by atoms with Crippen molar-refractivity contribution in [1.29, 1.82) is 0 Å². The maximum absolute atomic E-state index is 12.4. The van der Waals surface area contributed by atoms with Gasteiger partial charge in [0.25, 0.3) is 0 Å². The van der Waals surface area contributed by atoms with Crippen LogP contribution in [-0.4, -0.2) is 55.0 Å². The lowest BCUT2D eigenvalue weighted by molar-refractivity contribution is -0.134. The largest absolute Gasteiger partial charge is 0.340 e. The Hall–Kier alpha value is -0.610. The van der Waals surface area contributed by atoms with Crippen LogP contribution in [-0.2, 0) is 4.79 Å². The Bertz CT molecular complexity index is 296. The van der Waals surface area contributed by atoms with Crippen LogP contribution in [0.3, 0.4) is 0 Å². The standard InChI is InChI=1S/C17H35N3O/c1-14(2)5-6-19-7-9-20(10-8-19)17(21)12-16(13-18)11-15(3)4/h14-16H,5-13,18H2,1-4H3/t16-/m0/s1. The van der Waals surface area contributed by atoms with Crippen LogP contribution in [0.5, 0.6) is 0 Å². The molecule has 1 fully saturated rings. The van der Waals surface area contributed by atoms with E-state index in [2.05, 4.69) is 32.6 Å². The molecule has 4 nitrogen and oxygen atoms in total. The summed E-state index contributed by atoms with van der Waals surface area (Å²) >= 11 is 0. The summed E-state index contributed by atoms with van der Waals surface area (Å²) in [4.78, 5) is 16.9. The molecule has 0 saturated carbocycles. The molecule has 0 aliphatic carbocycles. The summed E-state index contributed by atoms with van der Waals surface area (Å²) < 4.78 is 0. The molecule has 0 bridgehead atoms. The summed E-state index contributed by atoms with van der Waals surface area (Å²) in [6.07, 6.45) is 2.93. The Labute approximate surface area is 131 Å². The van der Waals surface area contributed by atoms with Crippen molar-refractivity contribution in [3.8, 4) is 0 Å². The van der Waals surface area contributed by atoms with Crippen LogP contribution in [0.15, 0.2) is 0 Å². The highest BCUT2D eigenvalue weighted by Crippen LogP contribution is 2.16. The highest BCUT2D eigenvalue weighted by molar-refractivity contribution is 5.76. The third kappa shape index (κ3) is 7.28. The molecule has 0 radical (unpaired) electrons. The molecule has 0 unspecified atom stereocenters. The molecule has 2 N–H and O–H groups in total. The van der Waals surface area contributed by atoms with E-state index in [-0.39, 0.29) is 0 Å². The van der Waals surface area contributed by atoms with E-state index < -0.39 is 0 Å². The minimum absolute atomic E-state index is 0.301. The molecule has 1 atom stereocenters. The molecule has 1 saturated heterocycles. The number of amides is 1. The quantitative estimate of drug-likeness (QED) is 0.747. The maximum Gasteiger partial charge on any atom is 0.222 e. The van der Waals surface area contributed by atoms with E-state index in [0.29, 0.717) is 30.7 Å². The highest BCUT2D eigenvalue weighted by Gasteiger charge is 2.23. The predicted octanol–water partition coefficient (Wildman–Crippen LogP) is 2.19. The van der Waals surface area contributed by atoms with Gasteiger partial charge in [0.05, 0.1) is 0 Å². The van der Waals surface area contributed by atoms with Gasteiger partial charge in [-0.05, 0) is 43.7 Å². The first-order valence-corrected chi connectivity index (χ1v) is 8.62. The number of piperazine rings is 1. The maximum atomic E-state index is 12.4. The third-order valence-electron chi connectivity index (χ3n) is 4.35. The van der Waals surface area contributed by atoms with Crippen LogP contribution >= 0.6 is 0 Å². The van der Waals surface area contributed by atoms with E-state index in [4.69, 9.17) is 5.73 Å². The Morgan fingerprint density at radius 2 is 1.67 bits per heavy atom. The Kier molecular flexibility index (Phi) is 8.27. The zero-order chi connectivity index (χ0) is 15.8. The van der Waals surface area contributed by atoms with E-state index in [0.717, 1.165) is 38.5 Å². The number of nitrogens with zero attached hydrogens (tertiary/aromatic N) is 2. The molecule has 0 aromatic rings. The second-order valence-corrected chi connectivity index (χ2v) is 7.34. The van der Waals surface area contributed by atoms with Crippen molar-refractivity contribution >= 4 is 5.91 Å². The lowest BCUT2D eigenvalue weighted by Gasteiger charge is -2.35. The van der Waals surface area contributed by atoms with Gasteiger partial charge in [-0.15, -0.1) is 0 Å². The van der Waals surface area contributed by atoms with Gasteiger partial charge in [-0.25, -0.2) is 0 Å². The molecule has 1 heterocycles. The van der Waals surface area contributed by atoms with Crippen molar-refractivity contribution < 1.29 is 4.79 Å². The zero-order valence-corrected chi connectivity index (χ0v) is 14.5. The van der Waals surface area contributed by atoms with Gasteiger partial charge < -0.3 is 10.6 Å². The number of nitrogens with two attached hydrogens (primary N) is 1. The van der Waals surface area contributed by atoms with Gasteiger partial charge in [-0.1, -0.05) is 27.7 Å². The number of carbonyl (C=O) groups excluding carboxylic acids is 1. The molecule has 4 heteroatoms. The van der Waals surface area contributed by atoms with Crippen LogP contribution in [0, 0.1) is 17.8 Å². The fourth-order valence-corrected chi connectivity index (χ4v) is 2.97. The zero-order valence-electron chi connectivity index (χ0n) is 14.5. The highest BCUT2D eigenvalue weighted by atomic mass is 16.2. The van der Waals surface area contributed by atoms with Crippen molar-refractivity contribution in [2.45, 2.75) is 47.0 Å². The first-order valence-electron chi connectivity index (χ1n) is 8.62. The molecule has 1 aliphatic heterocycles. The van der Waals surface area contributed by atoms with Gasteiger partial charge in [-0.3, -0.25) is 9.69 Å². The fraction of sp³-hybridized carbons (Fsp3) is 0.941. The Morgan fingerprint density at radius 3 is 2.14 bits per heavy atom. The van der Waals surface area contributed by atoms with Crippen molar-refractivity contribution in [3.05, 3.63) is 0 Å². The molecular formula is C17H35N3O. The minimum atomic E-state index is 0.301. The summed E-state index contributed by atoms with van der Waals surface area (Å²) in [5.41, 5.74) is 5.81. The third-order valence-corrected chi connectivity index (χ3v) is 4.35. The van der Waals surface area contributed by atoms with E-state index in [1.54, 1.807) is 0 Å². The molecule has 0 aromatic carbocycles. The average Bonchev–Trinajstić information content (AvgIpc) is 2.44. The minimum Gasteiger partial charge on any atom is -0.340 e. The van der Waals surface area contributed by atoms with Crippen molar-refractivity contribution in [2.24, 2.45) is 23.5 Å².